The van der Waals surface area contributed by atoms with Gasteiger partial charge in [-0.1, -0.05) is 42.5 Å². The molecule has 33 heavy (non-hydrogen) atoms. The number of nitrogens with zero attached hydrogens (tertiary/aromatic N) is 1. The number of guanidine groups is 1. The van der Waals surface area contributed by atoms with E-state index in [4.69, 9.17) is 14.2 Å². The summed E-state index contributed by atoms with van der Waals surface area (Å²) in [5, 5.41) is 7.01. The van der Waals surface area contributed by atoms with E-state index >= 15 is 0 Å². The molecule has 0 spiro atoms. The maximum Gasteiger partial charge on any atom is 0.191 e. The fraction of sp³-hybridized carbons (Fsp3) is 0.500. The Balaban J connectivity index is 0.00000385. The average Bonchev–Trinajstić information content (AvgIpc) is 2.84. The minimum atomic E-state index is 0. The van der Waals surface area contributed by atoms with Crippen molar-refractivity contribution in [3.8, 4) is 5.75 Å². The second kappa shape index (κ2) is 14.4. The number of ether oxygens (including phenoxy) is 3. The number of halogens is 1. The molecule has 1 aliphatic rings. The Bertz CT molecular complexity index is 855. The quantitative estimate of drug-likeness (QED) is 0.193. The van der Waals surface area contributed by atoms with Crippen molar-refractivity contribution in [2.24, 2.45) is 4.99 Å². The molecule has 2 N–H and O–H groups in total. The molecule has 0 bridgehead atoms. The van der Waals surface area contributed by atoms with Crippen LogP contribution in [0.2, 0.25) is 0 Å². The highest BCUT2D eigenvalue weighted by molar-refractivity contribution is 14.0. The number of aryl methyl sites for hydroxylation is 1. The third-order valence-electron chi connectivity index (χ3n) is 6.01. The number of rotatable bonds is 10. The highest BCUT2D eigenvalue weighted by Gasteiger charge is 2.34. The fourth-order valence-corrected chi connectivity index (χ4v) is 4.07. The smallest absolute Gasteiger partial charge is 0.191 e. The van der Waals surface area contributed by atoms with Gasteiger partial charge < -0.3 is 24.8 Å². The largest absolute Gasteiger partial charge is 0.491 e. The topological polar surface area (TPSA) is 64.1 Å². The maximum atomic E-state index is 5.98. The molecule has 7 heteroatoms. The molecule has 2 aromatic rings. The number of nitrogens with one attached hydrogen (secondary N) is 2. The van der Waals surface area contributed by atoms with Gasteiger partial charge in [0.05, 0.1) is 6.61 Å². The highest BCUT2D eigenvalue weighted by Crippen LogP contribution is 2.34. The summed E-state index contributed by atoms with van der Waals surface area (Å²) in [7, 11) is 1.81. The van der Waals surface area contributed by atoms with E-state index in [2.05, 4.69) is 71.1 Å². The summed E-state index contributed by atoms with van der Waals surface area (Å²) in [5.74, 6) is 1.67. The lowest BCUT2D eigenvalue weighted by atomic mass is 9.74. The van der Waals surface area contributed by atoms with Gasteiger partial charge in [0.15, 0.2) is 5.96 Å². The van der Waals surface area contributed by atoms with Crippen LogP contribution in [0.15, 0.2) is 53.5 Å². The van der Waals surface area contributed by atoms with Crippen molar-refractivity contribution in [3.63, 3.8) is 0 Å². The summed E-state index contributed by atoms with van der Waals surface area (Å²) in [6.07, 6.45) is 1.99. The van der Waals surface area contributed by atoms with Gasteiger partial charge in [0, 0.05) is 50.9 Å². The van der Waals surface area contributed by atoms with Crippen molar-refractivity contribution in [2.45, 2.75) is 38.6 Å². The van der Waals surface area contributed by atoms with Gasteiger partial charge in [0.1, 0.15) is 12.4 Å². The van der Waals surface area contributed by atoms with Crippen molar-refractivity contribution in [3.05, 3.63) is 65.2 Å². The standard InChI is InChI=1S/C26H37N3O3.HI/c1-4-30-16-17-32-24-18-21(2)10-11-22(24)19-28-25(27-3)29-20-26(12-14-31-15-13-26)23-8-6-5-7-9-23;/h5-11,18H,4,12-17,19-20H2,1-3H3,(H2,27,28,29);1H. The summed E-state index contributed by atoms with van der Waals surface area (Å²) >= 11 is 0. The third kappa shape index (κ3) is 8.15. The Labute approximate surface area is 215 Å². The first-order chi connectivity index (χ1) is 15.7. The molecule has 0 radical (unpaired) electrons. The van der Waals surface area contributed by atoms with Crippen LogP contribution in [0.5, 0.6) is 5.75 Å². The van der Waals surface area contributed by atoms with Gasteiger partial charge in [-0.05, 0) is 43.9 Å². The van der Waals surface area contributed by atoms with E-state index in [1.54, 1.807) is 0 Å². The van der Waals surface area contributed by atoms with Gasteiger partial charge in [-0.2, -0.15) is 0 Å². The molecule has 1 aliphatic heterocycles. The Morgan fingerprint density at radius 1 is 1.06 bits per heavy atom. The van der Waals surface area contributed by atoms with E-state index in [0.717, 1.165) is 49.9 Å². The van der Waals surface area contributed by atoms with Gasteiger partial charge in [0.2, 0.25) is 0 Å². The molecule has 1 fully saturated rings. The monoisotopic (exact) mass is 567 g/mol. The molecular weight excluding hydrogens is 529 g/mol. The molecule has 0 unspecified atom stereocenters. The molecule has 1 heterocycles. The van der Waals surface area contributed by atoms with Gasteiger partial charge in [-0.25, -0.2) is 0 Å². The van der Waals surface area contributed by atoms with E-state index in [-0.39, 0.29) is 29.4 Å². The van der Waals surface area contributed by atoms with Gasteiger partial charge in [-0.15, -0.1) is 24.0 Å². The Hall–Kier alpha value is -1.84. The number of aliphatic imine (C=N–C) groups is 1. The van der Waals surface area contributed by atoms with Crippen molar-refractivity contribution in [1.82, 2.24) is 10.6 Å². The van der Waals surface area contributed by atoms with Crippen molar-refractivity contribution >= 4 is 29.9 Å². The molecule has 0 aromatic heterocycles. The highest BCUT2D eigenvalue weighted by atomic mass is 127. The lowest BCUT2D eigenvalue weighted by Gasteiger charge is -2.38. The van der Waals surface area contributed by atoms with Crippen LogP contribution in [0.4, 0.5) is 0 Å². The molecular formula is C26H38IN3O3. The summed E-state index contributed by atoms with van der Waals surface area (Å²) < 4.78 is 17.0. The molecule has 0 atom stereocenters. The summed E-state index contributed by atoms with van der Waals surface area (Å²) in [6.45, 7) is 8.90. The Kier molecular flexibility index (Phi) is 12.0. The minimum absolute atomic E-state index is 0. The lowest BCUT2D eigenvalue weighted by molar-refractivity contribution is 0.0514. The van der Waals surface area contributed by atoms with E-state index in [1.165, 1.54) is 11.1 Å². The van der Waals surface area contributed by atoms with E-state index < -0.39 is 0 Å². The van der Waals surface area contributed by atoms with E-state index in [1.807, 2.05) is 14.0 Å². The zero-order chi connectivity index (χ0) is 22.7. The second-order valence-corrected chi connectivity index (χ2v) is 8.19. The average molecular weight is 568 g/mol. The number of benzene rings is 2. The van der Waals surface area contributed by atoms with Crippen molar-refractivity contribution in [2.75, 3.05) is 46.6 Å². The van der Waals surface area contributed by atoms with Crippen LogP contribution >= 0.6 is 24.0 Å². The predicted molar refractivity (Wildman–Crippen MR) is 145 cm³/mol. The van der Waals surface area contributed by atoms with Crippen LogP contribution in [-0.4, -0.2) is 52.6 Å². The lowest BCUT2D eigenvalue weighted by Crippen LogP contribution is -2.47. The SMILES string of the molecule is CCOCCOc1cc(C)ccc1CNC(=NC)NCC1(c2ccccc2)CCOCC1.I. The molecule has 1 saturated heterocycles. The normalized spacial score (nSPS) is 15.4. The Morgan fingerprint density at radius 2 is 1.82 bits per heavy atom. The molecule has 3 rings (SSSR count). The van der Waals surface area contributed by atoms with Gasteiger partial charge in [0.25, 0.3) is 0 Å². The minimum Gasteiger partial charge on any atom is -0.491 e. The van der Waals surface area contributed by atoms with Crippen LogP contribution in [0.25, 0.3) is 0 Å². The van der Waals surface area contributed by atoms with Gasteiger partial charge >= 0.3 is 0 Å². The molecule has 6 nitrogen and oxygen atoms in total. The first-order valence-electron chi connectivity index (χ1n) is 11.5. The van der Waals surface area contributed by atoms with Crippen molar-refractivity contribution in [1.29, 1.82) is 0 Å². The summed E-state index contributed by atoms with van der Waals surface area (Å²) in [4.78, 5) is 4.45. The molecule has 182 valence electrons. The number of hydrogen-bond donors (Lipinski definition) is 2. The fourth-order valence-electron chi connectivity index (χ4n) is 4.07. The van der Waals surface area contributed by atoms with Crippen LogP contribution in [0, 0.1) is 6.92 Å². The van der Waals surface area contributed by atoms with Crippen LogP contribution in [0.3, 0.4) is 0 Å². The molecule has 2 aromatic carbocycles. The zero-order valence-electron chi connectivity index (χ0n) is 20.1. The third-order valence-corrected chi connectivity index (χ3v) is 6.01. The first kappa shape index (κ1) is 27.4. The number of hydrogen-bond acceptors (Lipinski definition) is 4. The summed E-state index contributed by atoms with van der Waals surface area (Å²) in [5.41, 5.74) is 3.68. The predicted octanol–water partition coefficient (Wildman–Crippen LogP) is 4.44. The maximum absolute atomic E-state index is 5.98. The van der Waals surface area contributed by atoms with Crippen LogP contribution in [-0.2, 0) is 21.4 Å². The van der Waals surface area contributed by atoms with Crippen LogP contribution < -0.4 is 15.4 Å². The summed E-state index contributed by atoms with van der Waals surface area (Å²) in [6, 6.07) is 17.0. The molecule has 0 amide bonds. The zero-order valence-corrected chi connectivity index (χ0v) is 22.4. The Morgan fingerprint density at radius 3 is 2.52 bits per heavy atom. The van der Waals surface area contributed by atoms with Crippen LogP contribution in [0.1, 0.15) is 36.5 Å². The van der Waals surface area contributed by atoms with E-state index in [9.17, 15) is 0 Å². The van der Waals surface area contributed by atoms with Crippen molar-refractivity contribution < 1.29 is 14.2 Å². The molecule has 0 saturated carbocycles. The van der Waals surface area contributed by atoms with Gasteiger partial charge in [-0.3, -0.25) is 4.99 Å². The van der Waals surface area contributed by atoms with E-state index in [0.29, 0.717) is 26.4 Å². The molecule has 0 aliphatic carbocycles. The first-order valence-corrected chi connectivity index (χ1v) is 11.5. The second-order valence-electron chi connectivity index (χ2n) is 8.19.